The lowest BCUT2D eigenvalue weighted by molar-refractivity contribution is 0.0952. The minimum absolute atomic E-state index is 0.0758. The van der Waals surface area contributed by atoms with Crippen LogP contribution in [0.25, 0.3) is 0 Å². The zero-order valence-corrected chi connectivity index (χ0v) is 23.6. The van der Waals surface area contributed by atoms with Crippen molar-refractivity contribution in [2.45, 2.75) is 40.2 Å². The van der Waals surface area contributed by atoms with Crippen molar-refractivity contribution in [3.05, 3.63) is 41.0 Å². The molecule has 1 aliphatic heterocycles. The molecule has 0 bridgehead atoms. The lowest BCUT2D eigenvalue weighted by Gasteiger charge is -2.29. The molecule has 1 heterocycles. The smallest absolute Gasteiger partial charge is 0.251 e. The highest BCUT2D eigenvalue weighted by Gasteiger charge is 2.28. The average Bonchev–Trinajstić information content (AvgIpc) is 2.91. The fourth-order valence-corrected chi connectivity index (χ4v) is 5.77. The molecular weight excluding hydrogens is 512 g/mol. The minimum Gasteiger partial charge on any atom is -0.493 e. The number of nitrogens with one attached hydrogen (secondary N) is 1. The number of sulfonamides is 1. The highest BCUT2D eigenvalue weighted by atomic mass is 32.2. The Morgan fingerprint density at radius 2 is 1.45 bits per heavy atom. The molecule has 3 rings (SSSR count). The van der Waals surface area contributed by atoms with E-state index in [9.17, 15) is 13.2 Å². The van der Waals surface area contributed by atoms with Crippen LogP contribution >= 0.6 is 0 Å². The van der Waals surface area contributed by atoms with E-state index in [1.54, 1.807) is 26.4 Å². The summed E-state index contributed by atoms with van der Waals surface area (Å²) in [7, 11) is -0.379. The normalized spacial score (nSPS) is 13.4. The van der Waals surface area contributed by atoms with Gasteiger partial charge in [0, 0.05) is 25.2 Å². The van der Waals surface area contributed by atoms with Gasteiger partial charge in [-0.05, 0) is 69.0 Å². The lowest BCUT2D eigenvalue weighted by atomic mass is 10.0. The van der Waals surface area contributed by atoms with Crippen LogP contribution in [0.4, 0.5) is 0 Å². The van der Waals surface area contributed by atoms with Gasteiger partial charge >= 0.3 is 0 Å². The molecule has 2 aromatic rings. The molecular formula is C27H38N2O8S. The third kappa shape index (κ3) is 7.02. The predicted octanol–water partition coefficient (Wildman–Crippen LogP) is 3.41. The van der Waals surface area contributed by atoms with Crippen LogP contribution in [-0.2, 0) is 23.0 Å². The molecule has 0 atom stereocenters. The third-order valence-corrected chi connectivity index (χ3v) is 8.02. The Labute approximate surface area is 225 Å². The number of nitrogens with zero attached hydrogens (tertiary/aromatic N) is 1. The molecule has 0 saturated carbocycles. The van der Waals surface area contributed by atoms with Crippen molar-refractivity contribution < 1.29 is 36.9 Å². The van der Waals surface area contributed by atoms with Crippen molar-refractivity contribution >= 4 is 15.9 Å². The summed E-state index contributed by atoms with van der Waals surface area (Å²) in [5.41, 5.74) is 2.30. The fraction of sp³-hybridized carbons (Fsp3) is 0.519. The van der Waals surface area contributed by atoms with Gasteiger partial charge in [0.15, 0.2) is 23.0 Å². The lowest BCUT2D eigenvalue weighted by Crippen LogP contribution is -2.38. The number of fused-ring (bicyclic) bond motifs is 1. The van der Waals surface area contributed by atoms with E-state index in [1.807, 2.05) is 32.9 Å². The molecule has 1 N–H and O–H groups in total. The van der Waals surface area contributed by atoms with Gasteiger partial charge in [0.2, 0.25) is 15.8 Å². The summed E-state index contributed by atoms with van der Waals surface area (Å²) in [4.78, 5) is 12.9. The number of rotatable bonds is 14. The summed E-state index contributed by atoms with van der Waals surface area (Å²) in [5.74, 6) is 2.09. The highest BCUT2D eigenvalue weighted by Crippen LogP contribution is 2.39. The molecule has 0 fully saturated rings. The largest absolute Gasteiger partial charge is 0.493 e. The molecule has 210 valence electrons. The highest BCUT2D eigenvalue weighted by molar-refractivity contribution is 7.89. The molecule has 0 unspecified atom stereocenters. The summed E-state index contributed by atoms with van der Waals surface area (Å²) < 4.78 is 55.3. The first-order chi connectivity index (χ1) is 18.3. The Morgan fingerprint density at radius 1 is 0.868 bits per heavy atom. The second-order valence-electron chi connectivity index (χ2n) is 8.59. The van der Waals surface area contributed by atoms with Crippen LogP contribution in [0, 0.1) is 0 Å². The van der Waals surface area contributed by atoms with E-state index < -0.39 is 10.0 Å². The van der Waals surface area contributed by atoms with Crippen LogP contribution < -0.4 is 29.0 Å². The Balaban J connectivity index is 1.61. The first-order valence-electron chi connectivity index (χ1n) is 12.8. The summed E-state index contributed by atoms with van der Waals surface area (Å²) in [5, 5.41) is 2.80. The maximum absolute atomic E-state index is 13.0. The number of methoxy groups -OCH3 is 2. The molecule has 0 radical (unpaired) electrons. The van der Waals surface area contributed by atoms with E-state index in [-0.39, 0.29) is 31.2 Å². The second kappa shape index (κ2) is 13.6. The molecule has 1 aliphatic rings. The van der Waals surface area contributed by atoms with E-state index in [2.05, 4.69) is 5.32 Å². The summed E-state index contributed by atoms with van der Waals surface area (Å²) in [6, 6.07) is 6.96. The first kappa shape index (κ1) is 29.4. The third-order valence-electron chi connectivity index (χ3n) is 6.11. The van der Waals surface area contributed by atoms with Crippen molar-refractivity contribution in [3.63, 3.8) is 0 Å². The Bertz CT molecular complexity index is 1190. The molecule has 0 aliphatic carbocycles. The van der Waals surface area contributed by atoms with Gasteiger partial charge in [-0.1, -0.05) is 0 Å². The zero-order chi connectivity index (χ0) is 27.7. The van der Waals surface area contributed by atoms with E-state index >= 15 is 0 Å². The van der Waals surface area contributed by atoms with Gasteiger partial charge in [0.1, 0.15) is 0 Å². The van der Waals surface area contributed by atoms with Crippen LogP contribution in [-0.4, -0.2) is 71.5 Å². The maximum Gasteiger partial charge on any atom is 0.251 e. The van der Waals surface area contributed by atoms with Crippen LogP contribution in [0.1, 0.15) is 48.7 Å². The summed E-state index contributed by atoms with van der Waals surface area (Å²) in [6.45, 7) is 7.64. The van der Waals surface area contributed by atoms with Crippen LogP contribution in [0.15, 0.2) is 24.3 Å². The van der Waals surface area contributed by atoms with Gasteiger partial charge < -0.3 is 29.0 Å². The number of amides is 1. The fourth-order valence-electron chi connectivity index (χ4n) is 4.30. The summed E-state index contributed by atoms with van der Waals surface area (Å²) >= 11 is 0. The molecule has 11 heteroatoms. The van der Waals surface area contributed by atoms with Crippen LogP contribution in [0.5, 0.6) is 28.7 Å². The van der Waals surface area contributed by atoms with Crippen molar-refractivity contribution in [1.29, 1.82) is 0 Å². The average molecular weight is 551 g/mol. The van der Waals surface area contributed by atoms with Gasteiger partial charge in [-0.3, -0.25) is 4.79 Å². The van der Waals surface area contributed by atoms with Gasteiger partial charge in [0.25, 0.3) is 5.91 Å². The van der Waals surface area contributed by atoms with Crippen molar-refractivity contribution in [1.82, 2.24) is 9.62 Å². The van der Waals surface area contributed by atoms with Crippen molar-refractivity contribution in [2.75, 3.05) is 52.9 Å². The van der Waals surface area contributed by atoms with E-state index in [0.29, 0.717) is 67.1 Å². The molecule has 0 saturated heterocycles. The van der Waals surface area contributed by atoms with E-state index in [4.69, 9.17) is 23.7 Å². The Morgan fingerprint density at radius 3 is 2.00 bits per heavy atom. The topological polar surface area (TPSA) is 113 Å². The maximum atomic E-state index is 13.0. The molecule has 2 aromatic carbocycles. The van der Waals surface area contributed by atoms with Gasteiger partial charge in [-0.25, -0.2) is 8.42 Å². The van der Waals surface area contributed by atoms with Crippen molar-refractivity contribution in [3.8, 4) is 28.7 Å². The molecule has 10 nitrogen and oxygen atoms in total. The number of hydrogen-bond acceptors (Lipinski definition) is 8. The zero-order valence-electron chi connectivity index (χ0n) is 22.8. The van der Waals surface area contributed by atoms with E-state index in [0.717, 1.165) is 11.1 Å². The number of carbonyl (C=O) groups excluding carboxylic acids is 1. The van der Waals surface area contributed by atoms with Crippen LogP contribution in [0.3, 0.4) is 0 Å². The van der Waals surface area contributed by atoms with E-state index in [1.165, 1.54) is 4.31 Å². The Hall–Kier alpha value is -3.18. The van der Waals surface area contributed by atoms with Crippen molar-refractivity contribution in [2.24, 2.45) is 0 Å². The first-order valence-corrected chi connectivity index (χ1v) is 14.4. The second-order valence-corrected chi connectivity index (χ2v) is 10.7. The van der Waals surface area contributed by atoms with Gasteiger partial charge in [-0.15, -0.1) is 0 Å². The molecule has 38 heavy (non-hydrogen) atoms. The monoisotopic (exact) mass is 550 g/mol. The summed E-state index contributed by atoms with van der Waals surface area (Å²) in [6.07, 6.45) is 0.866. The molecule has 0 spiro atoms. The number of benzene rings is 2. The van der Waals surface area contributed by atoms with Gasteiger partial charge in [-0.2, -0.15) is 4.31 Å². The van der Waals surface area contributed by atoms with Crippen LogP contribution in [0.2, 0.25) is 0 Å². The minimum atomic E-state index is -3.51. The standard InChI is InChI=1S/C27H38N2O8S/c1-6-35-24-15-20(16-25(36-7-2)26(24)37-8-3)27(30)28-11-9-13-38(31,32)29-12-10-19-14-22(33-4)23(34-5)17-21(19)18-29/h14-17H,6-13,18H2,1-5H3,(H,28,30). The molecule has 0 aromatic heterocycles. The SMILES string of the molecule is CCOc1cc(C(=O)NCCCS(=O)(=O)N2CCc3cc(OC)c(OC)cc3C2)cc(OCC)c1OCC. The Kier molecular flexibility index (Phi) is 10.5. The molecule has 1 amide bonds. The van der Waals surface area contributed by atoms with Gasteiger partial charge in [0.05, 0.1) is 39.8 Å². The number of carbonyl (C=O) groups is 1. The number of ether oxygens (including phenoxy) is 5. The number of hydrogen-bond donors (Lipinski definition) is 1. The quantitative estimate of drug-likeness (QED) is 0.356. The predicted molar refractivity (Wildman–Crippen MR) is 144 cm³/mol.